The molecule has 0 amide bonds. The van der Waals surface area contributed by atoms with Gasteiger partial charge >= 0.3 is 7.25 Å². The summed E-state index contributed by atoms with van der Waals surface area (Å²) < 4.78 is 41.2. The first-order valence-electron chi connectivity index (χ1n) is 6.52. The van der Waals surface area contributed by atoms with E-state index in [9.17, 15) is 17.3 Å². The maximum atomic E-state index is 9.75. The number of aromatic nitrogens is 2. The van der Waals surface area contributed by atoms with Crippen molar-refractivity contribution in [3.8, 4) is 11.1 Å². The lowest BCUT2D eigenvalue weighted by molar-refractivity contribution is -0.702. The second-order valence-corrected chi connectivity index (χ2v) is 4.91. The Kier molecular flexibility index (Phi) is 6.33. The Morgan fingerprint density at radius 1 is 0.952 bits per heavy atom. The van der Waals surface area contributed by atoms with Gasteiger partial charge in [-0.25, -0.2) is 4.57 Å². The van der Waals surface area contributed by atoms with Crippen LogP contribution in [0.25, 0.3) is 11.1 Å². The molecule has 0 saturated heterocycles. The average molecular weight is 300 g/mol. The molecule has 2 aromatic heterocycles. The van der Waals surface area contributed by atoms with E-state index in [1.54, 1.807) is 0 Å². The van der Waals surface area contributed by atoms with Gasteiger partial charge in [-0.3, -0.25) is 4.98 Å². The van der Waals surface area contributed by atoms with Crippen LogP contribution in [-0.4, -0.2) is 12.2 Å². The lowest BCUT2D eigenvalue weighted by Gasteiger charge is -2.02. The summed E-state index contributed by atoms with van der Waals surface area (Å²) in [5, 5.41) is 0. The molecule has 2 heterocycles. The first-order valence-corrected chi connectivity index (χ1v) is 6.52. The fraction of sp³-hybridized carbons (Fsp3) is 0.286. The van der Waals surface area contributed by atoms with E-state index in [0.717, 1.165) is 6.54 Å². The predicted molar refractivity (Wildman–Crippen MR) is 74.9 cm³/mol. The summed E-state index contributed by atoms with van der Waals surface area (Å²) in [7, 11) is -6.00. The maximum absolute atomic E-state index is 9.75. The molecule has 0 fully saturated rings. The molecular weight excluding hydrogens is 283 g/mol. The van der Waals surface area contributed by atoms with Crippen LogP contribution in [0.4, 0.5) is 17.3 Å². The second-order valence-electron chi connectivity index (χ2n) is 4.91. The van der Waals surface area contributed by atoms with E-state index in [4.69, 9.17) is 0 Å². The summed E-state index contributed by atoms with van der Waals surface area (Å²) in [6.45, 7) is 5.52. The zero-order valence-corrected chi connectivity index (χ0v) is 11.9. The van der Waals surface area contributed by atoms with Crippen LogP contribution in [0, 0.1) is 5.92 Å². The van der Waals surface area contributed by atoms with Crippen LogP contribution in [0.5, 0.6) is 0 Å². The van der Waals surface area contributed by atoms with Crippen molar-refractivity contribution in [1.29, 1.82) is 0 Å². The second kappa shape index (κ2) is 7.76. The third kappa shape index (κ3) is 8.07. The van der Waals surface area contributed by atoms with Crippen LogP contribution in [0.15, 0.2) is 49.1 Å². The van der Waals surface area contributed by atoms with Crippen molar-refractivity contribution in [2.75, 3.05) is 0 Å². The fourth-order valence-corrected chi connectivity index (χ4v) is 1.74. The molecule has 0 bridgehead atoms. The van der Waals surface area contributed by atoms with Gasteiger partial charge in [0.25, 0.3) is 0 Å². The lowest BCUT2D eigenvalue weighted by Crippen LogP contribution is -2.35. The molecule has 2 nitrogen and oxygen atoms in total. The smallest absolute Gasteiger partial charge is 0.418 e. The largest absolute Gasteiger partial charge is 0.673 e. The summed E-state index contributed by atoms with van der Waals surface area (Å²) in [5.41, 5.74) is 2.45. The van der Waals surface area contributed by atoms with Crippen molar-refractivity contribution in [2.45, 2.75) is 20.4 Å². The molecule has 0 unspecified atom stereocenters. The predicted octanol–water partition coefficient (Wildman–Crippen LogP) is 3.99. The fourth-order valence-electron chi connectivity index (χ4n) is 1.74. The molecule has 0 aromatic carbocycles. The molecule has 21 heavy (non-hydrogen) atoms. The van der Waals surface area contributed by atoms with Crippen LogP contribution in [0.1, 0.15) is 13.8 Å². The van der Waals surface area contributed by atoms with Gasteiger partial charge in [0.1, 0.15) is 0 Å². The van der Waals surface area contributed by atoms with Gasteiger partial charge in [-0.05, 0) is 23.3 Å². The van der Waals surface area contributed by atoms with Crippen LogP contribution < -0.4 is 4.57 Å². The van der Waals surface area contributed by atoms with E-state index in [0.29, 0.717) is 5.92 Å². The summed E-state index contributed by atoms with van der Waals surface area (Å²) in [6, 6.07) is 8.36. The summed E-state index contributed by atoms with van der Waals surface area (Å²) >= 11 is 0. The van der Waals surface area contributed by atoms with Crippen molar-refractivity contribution in [1.82, 2.24) is 4.98 Å². The van der Waals surface area contributed by atoms with Gasteiger partial charge < -0.3 is 17.3 Å². The SMILES string of the molecule is CC(C)C[n+]1ccc(-c2ccncc2)cc1.F[B-](F)(F)F. The van der Waals surface area contributed by atoms with Crippen molar-refractivity contribution in [2.24, 2.45) is 5.92 Å². The van der Waals surface area contributed by atoms with Crippen molar-refractivity contribution >= 4 is 7.25 Å². The Balaban J connectivity index is 0.000000383. The number of hydrogen-bond acceptors (Lipinski definition) is 1. The highest BCUT2D eigenvalue weighted by Crippen LogP contribution is 2.15. The molecule has 0 radical (unpaired) electrons. The number of rotatable bonds is 3. The monoisotopic (exact) mass is 300 g/mol. The zero-order chi connectivity index (χ0) is 15.9. The Morgan fingerprint density at radius 3 is 1.81 bits per heavy atom. The maximum Gasteiger partial charge on any atom is 0.673 e. The molecule has 7 heteroatoms. The molecule has 0 aliphatic rings. The van der Waals surface area contributed by atoms with Crippen LogP contribution >= 0.6 is 0 Å². The molecular formula is C14H17BF4N2. The lowest BCUT2D eigenvalue weighted by atomic mass is 10.1. The molecule has 0 spiro atoms. The molecule has 0 N–H and O–H groups in total. The minimum atomic E-state index is -6.00. The highest BCUT2D eigenvalue weighted by atomic mass is 19.5. The Labute approximate surface area is 121 Å². The van der Waals surface area contributed by atoms with E-state index in [1.807, 2.05) is 24.5 Å². The first-order chi connectivity index (χ1) is 9.75. The van der Waals surface area contributed by atoms with E-state index in [1.165, 1.54) is 11.1 Å². The van der Waals surface area contributed by atoms with Gasteiger partial charge in [-0.2, -0.15) is 0 Å². The Hall–Kier alpha value is -1.92. The number of pyridine rings is 2. The van der Waals surface area contributed by atoms with Crippen LogP contribution in [-0.2, 0) is 6.54 Å². The van der Waals surface area contributed by atoms with Crippen LogP contribution in [0.2, 0.25) is 0 Å². The van der Waals surface area contributed by atoms with Crippen molar-refractivity contribution in [3.63, 3.8) is 0 Å². The van der Waals surface area contributed by atoms with Gasteiger partial charge in [0.05, 0.1) is 0 Å². The molecule has 2 aromatic rings. The molecule has 0 aliphatic heterocycles. The standard InChI is InChI=1S/C14H17N2.BF4/c1-12(2)11-16-9-5-14(6-10-16)13-3-7-15-8-4-13;2-1(3,4)5/h3-10,12H,11H2,1-2H3;/q+1;-1. The van der Waals surface area contributed by atoms with Crippen molar-refractivity contribution in [3.05, 3.63) is 49.1 Å². The zero-order valence-electron chi connectivity index (χ0n) is 11.9. The quantitative estimate of drug-likeness (QED) is 0.476. The van der Waals surface area contributed by atoms with E-state index < -0.39 is 7.25 Å². The van der Waals surface area contributed by atoms with E-state index in [-0.39, 0.29) is 0 Å². The number of halogens is 4. The van der Waals surface area contributed by atoms with E-state index >= 15 is 0 Å². The number of hydrogen-bond donors (Lipinski definition) is 0. The van der Waals surface area contributed by atoms with Crippen molar-refractivity contribution < 1.29 is 21.8 Å². The third-order valence-electron chi connectivity index (χ3n) is 2.48. The average Bonchev–Trinajstić information content (AvgIpc) is 2.38. The van der Waals surface area contributed by atoms with Gasteiger partial charge in [-0.1, -0.05) is 13.8 Å². The normalized spacial score (nSPS) is 11.0. The Bertz CT molecular complexity index is 521. The van der Waals surface area contributed by atoms with Gasteiger partial charge in [0.15, 0.2) is 18.9 Å². The molecule has 2 rings (SSSR count). The Morgan fingerprint density at radius 2 is 1.38 bits per heavy atom. The summed E-state index contributed by atoms with van der Waals surface area (Å²) in [5.74, 6) is 0.678. The van der Waals surface area contributed by atoms with Gasteiger partial charge in [0, 0.05) is 30.4 Å². The molecule has 0 aliphatic carbocycles. The third-order valence-corrected chi connectivity index (χ3v) is 2.48. The minimum absolute atomic E-state index is 0.678. The summed E-state index contributed by atoms with van der Waals surface area (Å²) in [6.07, 6.45) is 7.92. The summed E-state index contributed by atoms with van der Waals surface area (Å²) in [4.78, 5) is 4.02. The molecule has 0 atom stereocenters. The molecule has 114 valence electrons. The first kappa shape index (κ1) is 17.1. The highest BCUT2D eigenvalue weighted by molar-refractivity contribution is 6.50. The minimum Gasteiger partial charge on any atom is -0.418 e. The van der Waals surface area contributed by atoms with E-state index in [2.05, 4.69) is 47.9 Å². The van der Waals surface area contributed by atoms with Gasteiger partial charge in [0.2, 0.25) is 0 Å². The highest BCUT2D eigenvalue weighted by Gasteiger charge is 2.20. The van der Waals surface area contributed by atoms with Gasteiger partial charge in [-0.15, -0.1) is 0 Å². The number of nitrogens with zero attached hydrogens (tertiary/aromatic N) is 2. The van der Waals surface area contributed by atoms with Crippen LogP contribution in [0.3, 0.4) is 0 Å². The molecule has 0 saturated carbocycles. The topological polar surface area (TPSA) is 16.8 Å².